The Morgan fingerprint density at radius 1 is 0.958 bits per heavy atom. The van der Waals surface area contributed by atoms with Crippen molar-refractivity contribution in [1.29, 1.82) is 0 Å². The summed E-state index contributed by atoms with van der Waals surface area (Å²) in [6.45, 7) is 0.152. The van der Waals surface area contributed by atoms with Gasteiger partial charge in [-0.2, -0.15) is 0 Å². The predicted molar refractivity (Wildman–Crippen MR) is 89.1 cm³/mol. The van der Waals surface area contributed by atoms with E-state index in [1.807, 2.05) is 0 Å². The summed E-state index contributed by atoms with van der Waals surface area (Å²) in [7, 11) is 0. The van der Waals surface area contributed by atoms with Gasteiger partial charge < -0.3 is 5.11 Å². The molecule has 2 aromatic carbocycles. The Kier molecular flexibility index (Phi) is 3.25. The van der Waals surface area contributed by atoms with Crippen LogP contribution in [-0.2, 0) is 6.54 Å². The van der Waals surface area contributed by atoms with Crippen molar-refractivity contribution in [1.82, 2.24) is 9.88 Å². The summed E-state index contributed by atoms with van der Waals surface area (Å²) in [5, 5.41) is 10.9. The molecule has 4 rings (SSSR count). The maximum Gasteiger partial charge on any atom is 0.261 e. The molecule has 2 amide bonds. The molecule has 0 saturated carbocycles. The first-order valence-corrected chi connectivity index (χ1v) is 7.65. The molecule has 0 radical (unpaired) electrons. The quantitative estimate of drug-likeness (QED) is 0.727. The van der Waals surface area contributed by atoms with Crippen molar-refractivity contribution in [3.05, 3.63) is 70.4 Å². The van der Waals surface area contributed by atoms with E-state index in [1.165, 1.54) is 23.2 Å². The largest absolute Gasteiger partial charge is 0.506 e. The van der Waals surface area contributed by atoms with Gasteiger partial charge in [0.2, 0.25) is 0 Å². The molecule has 0 aliphatic carbocycles. The zero-order valence-electron chi connectivity index (χ0n) is 12.4. The summed E-state index contributed by atoms with van der Waals surface area (Å²) in [6, 6.07) is 11.5. The number of rotatable bonds is 2. The van der Waals surface area contributed by atoms with Gasteiger partial charge in [-0.25, -0.2) is 0 Å². The topological polar surface area (TPSA) is 70.5 Å². The zero-order valence-corrected chi connectivity index (χ0v) is 13.1. The summed E-state index contributed by atoms with van der Waals surface area (Å²) in [5.41, 5.74) is 1.78. The third-order valence-corrected chi connectivity index (χ3v) is 4.33. The van der Waals surface area contributed by atoms with Gasteiger partial charge in [0.15, 0.2) is 0 Å². The number of nitrogens with zero attached hydrogens (tertiary/aromatic N) is 2. The molecule has 118 valence electrons. The summed E-state index contributed by atoms with van der Waals surface area (Å²) >= 11 is 5.87. The fourth-order valence-electron chi connectivity index (χ4n) is 2.91. The smallest absolute Gasteiger partial charge is 0.261 e. The number of benzene rings is 2. The SMILES string of the molecule is O=C1c2ccnc3c(O)ccc(c23)C(=O)N1Cc1ccc(Cl)cc1. The van der Waals surface area contributed by atoms with Gasteiger partial charge in [-0.3, -0.25) is 19.5 Å². The van der Waals surface area contributed by atoms with Gasteiger partial charge in [0.25, 0.3) is 11.8 Å². The lowest BCUT2D eigenvalue weighted by molar-refractivity contribution is 0.0598. The van der Waals surface area contributed by atoms with E-state index < -0.39 is 11.8 Å². The van der Waals surface area contributed by atoms with E-state index in [0.29, 0.717) is 21.5 Å². The number of hydrogen-bond acceptors (Lipinski definition) is 4. The minimum absolute atomic E-state index is 0.0534. The number of halogens is 1. The van der Waals surface area contributed by atoms with Crippen molar-refractivity contribution in [2.45, 2.75) is 6.54 Å². The van der Waals surface area contributed by atoms with Crippen LogP contribution >= 0.6 is 11.6 Å². The number of aromatic nitrogens is 1. The Morgan fingerprint density at radius 2 is 1.62 bits per heavy atom. The summed E-state index contributed by atoms with van der Waals surface area (Å²) < 4.78 is 0. The highest BCUT2D eigenvalue weighted by Gasteiger charge is 2.33. The number of hydrogen-bond donors (Lipinski definition) is 1. The lowest BCUT2D eigenvalue weighted by atomic mass is 9.96. The first-order valence-electron chi connectivity index (χ1n) is 7.27. The van der Waals surface area contributed by atoms with Gasteiger partial charge >= 0.3 is 0 Å². The molecule has 1 aromatic heterocycles. The van der Waals surface area contributed by atoms with Crippen molar-refractivity contribution in [2.75, 3.05) is 0 Å². The Morgan fingerprint density at radius 3 is 2.33 bits per heavy atom. The van der Waals surface area contributed by atoms with Gasteiger partial charge in [-0.05, 0) is 35.9 Å². The number of aromatic hydroxyl groups is 1. The number of carbonyl (C=O) groups is 2. The van der Waals surface area contributed by atoms with E-state index in [1.54, 1.807) is 30.3 Å². The second-order valence-electron chi connectivity index (χ2n) is 5.54. The number of carbonyl (C=O) groups excluding carboxylic acids is 2. The van der Waals surface area contributed by atoms with Crippen LogP contribution in [0.15, 0.2) is 48.7 Å². The van der Waals surface area contributed by atoms with Gasteiger partial charge in [0.05, 0.1) is 17.7 Å². The zero-order chi connectivity index (χ0) is 16.8. The molecule has 0 unspecified atom stereocenters. The highest BCUT2D eigenvalue weighted by molar-refractivity contribution is 6.30. The first-order chi connectivity index (χ1) is 11.6. The maximum absolute atomic E-state index is 12.8. The molecule has 1 aliphatic heterocycles. The minimum atomic E-state index is -0.402. The third-order valence-electron chi connectivity index (χ3n) is 4.08. The fourth-order valence-corrected chi connectivity index (χ4v) is 3.03. The van der Waals surface area contributed by atoms with Gasteiger partial charge in [0, 0.05) is 16.6 Å². The molecule has 2 heterocycles. The second kappa shape index (κ2) is 5.32. The van der Waals surface area contributed by atoms with Crippen LogP contribution < -0.4 is 0 Å². The average molecular weight is 339 g/mol. The first kappa shape index (κ1) is 14.7. The lowest BCUT2D eigenvalue weighted by Gasteiger charge is -2.27. The predicted octanol–water partition coefficient (Wildman–Crippen LogP) is 3.39. The molecule has 6 heteroatoms. The molecule has 5 nitrogen and oxygen atoms in total. The van der Waals surface area contributed by atoms with E-state index in [9.17, 15) is 14.7 Å². The molecule has 1 N–H and O–H groups in total. The molecule has 0 spiro atoms. The number of phenolic OH excluding ortho intramolecular Hbond substituents is 1. The normalized spacial score (nSPS) is 13.6. The van der Waals surface area contributed by atoms with E-state index >= 15 is 0 Å². The van der Waals surface area contributed by atoms with Gasteiger partial charge in [-0.1, -0.05) is 23.7 Å². The molecule has 3 aromatic rings. The molecule has 24 heavy (non-hydrogen) atoms. The van der Waals surface area contributed by atoms with E-state index in [2.05, 4.69) is 4.98 Å². The molecule has 0 saturated heterocycles. The number of imide groups is 1. The van der Waals surface area contributed by atoms with Crippen LogP contribution in [0.25, 0.3) is 10.9 Å². The highest BCUT2D eigenvalue weighted by atomic mass is 35.5. The monoisotopic (exact) mass is 338 g/mol. The highest BCUT2D eigenvalue weighted by Crippen LogP contribution is 2.33. The third kappa shape index (κ3) is 2.13. The summed E-state index contributed by atoms with van der Waals surface area (Å²) in [4.78, 5) is 30.8. The minimum Gasteiger partial charge on any atom is -0.506 e. The van der Waals surface area contributed by atoms with Gasteiger partial charge in [-0.15, -0.1) is 0 Å². The average Bonchev–Trinajstić information content (AvgIpc) is 2.59. The Hall–Kier alpha value is -2.92. The van der Waals surface area contributed by atoms with E-state index in [0.717, 1.165) is 5.56 Å². The lowest BCUT2D eigenvalue weighted by Crippen LogP contribution is -2.39. The Balaban J connectivity index is 1.83. The number of pyridine rings is 1. The van der Waals surface area contributed by atoms with Crippen LogP contribution in [0.2, 0.25) is 5.02 Å². The van der Waals surface area contributed by atoms with E-state index in [-0.39, 0.29) is 17.8 Å². The van der Waals surface area contributed by atoms with Crippen molar-refractivity contribution < 1.29 is 14.7 Å². The molecule has 0 atom stereocenters. The Bertz CT molecular complexity index is 977. The van der Waals surface area contributed by atoms with Crippen molar-refractivity contribution in [3.63, 3.8) is 0 Å². The number of phenols is 1. The molecule has 1 aliphatic rings. The van der Waals surface area contributed by atoms with Crippen LogP contribution in [0.1, 0.15) is 26.3 Å². The van der Waals surface area contributed by atoms with Crippen molar-refractivity contribution in [3.8, 4) is 5.75 Å². The second-order valence-corrected chi connectivity index (χ2v) is 5.97. The molecular weight excluding hydrogens is 328 g/mol. The fraction of sp³-hybridized carbons (Fsp3) is 0.0556. The molecular formula is C18H11ClN2O3. The Labute approximate surface area is 142 Å². The van der Waals surface area contributed by atoms with Crippen LogP contribution in [-0.4, -0.2) is 26.8 Å². The number of amides is 2. The van der Waals surface area contributed by atoms with Gasteiger partial charge in [0.1, 0.15) is 11.3 Å². The van der Waals surface area contributed by atoms with Crippen molar-refractivity contribution >= 4 is 34.3 Å². The standard InChI is InChI=1S/C18H11ClN2O3/c19-11-3-1-10(2-4-11)9-21-17(23)12-5-6-14(22)16-15(12)13(18(21)24)7-8-20-16/h1-8,22H,9H2. The molecule has 0 bridgehead atoms. The molecule has 0 fully saturated rings. The van der Waals surface area contributed by atoms with Crippen LogP contribution in [0.3, 0.4) is 0 Å². The maximum atomic E-state index is 12.8. The van der Waals surface area contributed by atoms with Crippen molar-refractivity contribution in [2.24, 2.45) is 0 Å². The summed E-state index contributed by atoms with van der Waals surface area (Å²) in [5.74, 6) is -0.858. The van der Waals surface area contributed by atoms with Crippen LogP contribution in [0, 0.1) is 0 Å². The van der Waals surface area contributed by atoms with Crippen LogP contribution in [0.4, 0.5) is 0 Å². The van der Waals surface area contributed by atoms with Crippen LogP contribution in [0.5, 0.6) is 5.75 Å². The summed E-state index contributed by atoms with van der Waals surface area (Å²) in [6.07, 6.45) is 1.45. The van der Waals surface area contributed by atoms with E-state index in [4.69, 9.17) is 11.6 Å².